The zero-order valence-electron chi connectivity index (χ0n) is 7.92. The molecule has 0 aliphatic carbocycles. The van der Waals surface area contributed by atoms with Gasteiger partial charge in [-0.3, -0.25) is 0 Å². The minimum absolute atomic E-state index is 0.553. The first kappa shape index (κ1) is 11.5. The number of hydrogen-bond acceptors (Lipinski definition) is 2. The summed E-state index contributed by atoms with van der Waals surface area (Å²) >= 11 is 8.24. The van der Waals surface area contributed by atoms with Crippen molar-refractivity contribution in [3.05, 3.63) is 28.2 Å². The monoisotopic (exact) mass is 273 g/mol. The Bertz CT molecular complexity index is 341. The van der Waals surface area contributed by atoms with Crippen molar-refractivity contribution in [3.63, 3.8) is 0 Å². The summed E-state index contributed by atoms with van der Waals surface area (Å²) in [4.78, 5) is 0.553. The maximum Gasteiger partial charge on any atom is 0.133 e. The molecular formula is C10H12BrNOS. The van der Waals surface area contributed by atoms with E-state index in [4.69, 9.17) is 22.7 Å². The predicted octanol–water partition coefficient (Wildman–Crippen LogP) is 2.68. The molecule has 2 N–H and O–H groups in total. The molecule has 0 saturated heterocycles. The van der Waals surface area contributed by atoms with Crippen molar-refractivity contribution in [1.29, 1.82) is 0 Å². The summed E-state index contributed by atoms with van der Waals surface area (Å²) in [6.45, 7) is 0. The minimum Gasteiger partial charge on any atom is -0.496 e. The Balaban J connectivity index is 2.71. The van der Waals surface area contributed by atoms with E-state index < -0.39 is 0 Å². The molecule has 0 fully saturated rings. The molecule has 1 rings (SSSR count). The highest BCUT2D eigenvalue weighted by molar-refractivity contribution is 9.10. The average molecular weight is 274 g/mol. The first-order valence-corrected chi connectivity index (χ1v) is 5.44. The van der Waals surface area contributed by atoms with Crippen LogP contribution in [-0.4, -0.2) is 12.1 Å². The Labute approximate surface area is 97.6 Å². The van der Waals surface area contributed by atoms with Crippen molar-refractivity contribution in [3.8, 4) is 5.75 Å². The van der Waals surface area contributed by atoms with Crippen molar-refractivity contribution in [2.24, 2.45) is 5.73 Å². The van der Waals surface area contributed by atoms with Crippen LogP contribution in [-0.2, 0) is 6.42 Å². The van der Waals surface area contributed by atoms with Crippen molar-refractivity contribution in [1.82, 2.24) is 0 Å². The Hall–Kier alpha value is -0.610. The van der Waals surface area contributed by atoms with Crippen molar-refractivity contribution >= 4 is 33.1 Å². The van der Waals surface area contributed by atoms with Crippen LogP contribution in [0, 0.1) is 0 Å². The lowest BCUT2D eigenvalue weighted by molar-refractivity contribution is 0.412. The molecule has 2 nitrogen and oxygen atoms in total. The third-order valence-corrected chi connectivity index (χ3v) is 2.70. The number of ether oxygens (including phenoxy) is 1. The molecule has 0 aliphatic rings. The van der Waals surface area contributed by atoms with Crippen LogP contribution < -0.4 is 10.5 Å². The number of halogens is 1. The fraction of sp³-hybridized carbons (Fsp3) is 0.300. The van der Waals surface area contributed by atoms with Crippen molar-refractivity contribution < 1.29 is 4.74 Å². The van der Waals surface area contributed by atoms with Gasteiger partial charge in [-0.05, 0) is 40.0 Å². The lowest BCUT2D eigenvalue weighted by Gasteiger charge is -2.05. The molecule has 0 heterocycles. The maximum atomic E-state index is 5.43. The summed E-state index contributed by atoms with van der Waals surface area (Å²) in [5, 5.41) is 0. The zero-order valence-corrected chi connectivity index (χ0v) is 10.3. The molecule has 1 aromatic rings. The van der Waals surface area contributed by atoms with E-state index in [9.17, 15) is 0 Å². The van der Waals surface area contributed by atoms with Gasteiger partial charge >= 0.3 is 0 Å². The second-order valence-corrected chi connectivity index (χ2v) is 4.31. The number of benzene rings is 1. The molecule has 0 radical (unpaired) electrons. The van der Waals surface area contributed by atoms with E-state index in [1.807, 2.05) is 18.2 Å². The van der Waals surface area contributed by atoms with Gasteiger partial charge in [0.1, 0.15) is 5.75 Å². The summed E-state index contributed by atoms with van der Waals surface area (Å²) in [6, 6.07) is 5.97. The summed E-state index contributed by atoms with van der Waals surface area (Å²) in [6.07, 6.45) is 1.62. The standard InChI is InChI=1S/C10H12BrNOS/c1-13-9-4-2-7(6-8(9)11)3-5-10(12)14/h2,4,6H,3,5H2,1H3,(H2,12,14). The van der Waals surface area contributed by atoms with Crippen LogP contribution in [0.3, 0.4) is 0 Å². The summed E-state index contributed by atoms with van der Waals surface area (Å²) in [5.74, 6) is 0.837. The Morgan fingerprint density at radius 2 is 2.29 bits per heavy atom. The van der Waals surface area contributed by atoms with E-state index in [1.54, 1.807) is 7.11 Å². The second kappa shape index (κ2) is 5.32. The van der Waals surface area contributed by atoms with E-state index in [0.717, 1.165) is 23.1 Å². The molecule has 0 amide bonds. The van der Waals surface area contributed by atoms with Crippen LogP contribution in [0.1, 0.15) is 12.0 Å². The van der Waals surface area contributed by atoms with Gasteiger partial charge in [-0.25, -0.2) is 0 Å². The van der Waals surface area contributed by atoms with Gasteiger partial charge in [-0.15, -0.1) is 0 Å². The summed E-state index contributed by atoms with van der Waals surface area (Å²) in [5.41, 5.74) is 6.63. The van der Waals surface area contributed by atoms with Gasteiger partial charge in [0.15, 0.2) is 0 Å². The van der Waals surface area contributed by atoms with Gasteiger partial charge in [0, 0.05) is 6.42 Å². The third-order valence-electron chi connectivity index (χ3n) is 1.88. The largest absolute Gasteiger partial charge is 0.496 e. The molecule has 0 aromatic heterocycles. The number of methoxy groups -OCH3 is 1. The fourth-order valence-corrected chi connectivity index (χ4v) is 1.82. The molecule has 1 aromatic carbocycles. The zero-order chi connectivity index (χ0) is 10.6. The van der Waals surface area contributed by atoms with Gasteiger partial charge in [0.05, 0.1) is 16.6 Å². The van der Waals surface area contributed by atoms with Gasteiger partial charge in [-0.1, -0.05) is 18.3 Å². The van der Waals surface area contributed by atoms with Gasteiger partial charge < -0.3 is 10.5 Å². The number of thiocarbonyl (C=S) groups is 1. The van der Waals surface area contributed by atoms with Crippen LogP contribution in [0.15, 0.2) is 22.7 Å². The molecule has 0 unspecified atom stereocenters. The molecule has 0 aliphatic heterocycles. The van der Waals surface area contributed by atoms with Crippen LogP contribution >= 0.6 is 28.1 Å². The second-order valence-electron chi connectivity index (χ2n) is 2.94. The summed E-state index contributed by atoms with van der Waals surface area (Å²) < 4.78 is 6.09. The lowest BCUT2D eigenvalue weighted by Crippen LogP contribution is -2.08. The minimum atomic E-state index is 0.553. The number of rotatable bonds is 4. The van der Waals surface area contributed by atoms with Gasteiger partial charge in [0.2, 0.25) is 0 Å². The van der Waals surface area contributed by atoms with E-state index >= 15 is 0 Å². The molecule has 0 spiro atoms. The predicted molar refractivity (Wildman–Crippen MR) is 65.8 cm³/mol. The summed E-state index contributed by atoms with van der Waals surface area (Å²) in [7, 11) is 1.65. The van der Waals surface area contributed by atoms with Crippen molar-refractivity contribution in [2.45, 2.75) is 12.8 Å². The highest BCUT2D eigenvalue weighted by Gasteiger charge is 2.01. The quantitative estimate of drug-likeness (QED) is 0.857. The normalized spacial score (nSPS) is 9.86. The smallest absolute Gasteiger partial charge is 0.133 e. The fourth-order valence-electron chi connectivity index (χ4n) is 1.13. The highest BCUT2D eigenvalue weighted by atomic mass is 79.9. The number of nitrogens with two attached hydrogens (primary N) is 1. The molecule has 14 heavy (non-hydrogen) atoms. The Morgan fingerprint density at radius 3 is 2.79 bits per heavy atom. The lowest BCUT2D eigenvalue weighted by atomic mass is 10.1. The van der Waals surface area contributed by atoms with E-state index in [0.29, 0.717) is 4.99 Å². The van der Waals surface area contributed by atoms with Crippen LogP contribution in [0.2, 0.25) is 0 Å². The number of hydrogen-bond donors (Lipinski definition) is 1. The molecule has 4 heteroatoms. The topological polar surface area (TPSA) is 35.2 Å². The highest BCUT2D eigenvalue weighted by Crippen LogP contribution is 2.25. The van der Waals surface area contributed by atoms with E-state index in [-0.39, 0.29) is 0 Å². The maximum absolute atomic E-state index is 5.43. The van der Waals surface area contributed by atoms with Gasteiger partial charge in [-0.2, -0.15) is 0 Å². The first-order valence-electron chi connectivity index (χ1n) is 4.24. The first-order chi connectivity index (χ1) is 6.63. The van der Waals surface area contributed by atoms with E-state index in [1.165, 1.54) is 5.56 Å². The van der Waals surface area contributed by atoms with Crippen LogP contribution in [0.4, 0.5) is 0 Å². The Morgan fingerprint density at radius 1 is 1.57 bits per heavy atom. The number of aryl methyl sites for hydroxylation is 1. The van der Waals surface area contributed by atoms with Crippen LogP contribution in [0.25, 0.3) is 0 Å². The molecule has 0 bridgehead atoms. The third kappa shape index (κ3) is 3.27. The van der Waals surface area contributed by atoms with Gasteiger partial charge in [0.25, 0.3) is 0 Å². The molecule has 76 valence electrons. The Kier molecular flexibility index (Phi) is 4.35. The SMILES string of the molecule is COc1ccc(CCC(N)=S)cc1Br. The van der Waals surface area contributed by atoms with E-state index in [2.05, 4.69) is 15.9 Å². The average Bonchev–Trinajstić information content (AvgIpc) is 2.15. The van der Waals surface area contributed by atoms with Crippen LogP contribution in [0.5, 0.6) is 5.75 Å². The van der Waals surface area contributed by atoms with Crippen molar-refractivity contribution in [2.75, 3.05) is 7.11 Å². The molecule has 0 saturated carbocycles. The molecular weight excluding hydrogens is 262 g/mol. The molecule has 0 atom stereocenters.